The minimum absolute atomic E-state index is 0.0794. The van der Waals surface area contributed by atoms with Crippen LogP contribution in [0.3, 0.4) is 0 Å². The average molecular weight is 377 g/mol. The number of halogens is 2. The van der Waals surface area contributed by atoms with Crippen molar-refractivity contribution < 1.29 is 12.8 Å². The summed E-state index contributed by atoms with van der Waals surface area (Å²) in [6.07, 6.45) is 2.99. The van der Waals surface area contributed by atoms with Crippen molar-refractivity contribution in [3.05, 3.63) is 29.0 Å². The summed E-state index contributed by atoms with van der Waals surface area (Å²) in [4.78, 5) is 2.38. The number of nitrogens with zero attached hydrogens (tertiary/aromatic N) is 1. The Morgan fingerprint density at radius 1 is 1.25 bits per heavy atom. The highest BCUT2D eigenvalue weighted by atomic mass is 35.5. The second-order valence-electron chi connectivity index (χ2n) is 6.89. The minimum atomic E-state index is -3.69. The number of hydrogen-bond donors (Lipinski definition) is 1. The van der Waals surface area contributed by atoms with Crippen molar-refractivity contribution in [2.75, 3.05) is 26.2 Å². The molecule has 0 saturated carbocycles. The minimum Gasteiger partial charge on any atom is -0.303 e. The van der Waals surface area contributed by atoms with Crippen molar-refractivity contribution in [3.63, 3.8) is 0 Å². The van der Waals surface area contributed by atoms with Crippen LogP contribution in [0.1, 0.15) is 33.1 Å². The highest BCUT2D eigenvalue weighted by Crippen LogP contribution is 2.22. The summed E-state index contributed by atoms with van der Waals surface area (Å²) < 4.78 is 39.9. The summed E-state index contributed by atoms with van der Waals surface area (Å²) in [5.74, 6) is 0.907. The molecule has 0 amide bonds. The van der Waals surface area contributed by atoms with Gasteiger partial charge >= 0.3 is 0 Å². The summed E-state index contributed by atoms with van der Waals surface area (Å²) in [5, 5.41) is -0.0983. The van der Waals surface area contributed by atoms with E-state index in [1.807, 2.05) is 0 Å². The number of benzene rings is 1. The Labute approximate surface area is 149 Å². The molecule has 4 nitrogen and oxygen atoms in total. The zero-order valence-electron chi connectivity index (χ0n) is 14.3. The number of nitrogens with one attached hydrogen (secondary N) is 1. The predicted octanol–water partition coefficient (Wildman–Crippen LogP) is 3.52. The van der Waals surface area contributed by atoms with Crippen LogP contribution in [0.15, 0.2) is 23.1 Å². The van der Waals surface area contributed by atoms with E-state index in [0.29, 0.717) is 6.54 Å². The first-order chi connectivity index (χ1) is 11.3. The Morgan fingerprint density at radius 2 is 1.92 bits per heavy atom. The molecular formula is C17H26ClFN2O2S. The van der Waals surface area contributed by atoms with Gasteiger partial charge in [-0.2, -0.15) is 0 Å². The quantitative estimate of drug-likeness (QED) is 0.741. The average Bonchev–Trinajstić information content (AvgIpc) is 2.45. The van der Waals surface area contributed by atoms with E-state index in [1.54, 1.807) is 0 Å². The summed E-state index contributed by atoms with van der Waals surface area (Å²) in [6, 6.07) is 3.30. The van der Waals surface area contributed by atoms with Gasteiger partial charge in [-0.3, -0.25) is 0 Å². The molecule has 0 radical (unpaired) electrons. The van der Waals surface area contributed by atoms with Crippen LogP contribution in [0.5, 0.6) is 0 Å². The Hall–Kier alpha value is -0.690. The van der Waals surface area contributed by atoms with Crippen LogP contribution in [0.2, 0.25) is 5.02 Å². The zero-order valence-corrected chi connectivity index (χ0v) is 15.8. The van der Waals surface area contributed by atoms with Crippen LogP contribution in [-0.4, -0.2) is 39.5 Å². The lowest BCUT2D eigenvalue weighted by Gasteiger charge is -2.34. The lowest BCUT2D eigenvalue weighted by atomic mass is 9.92. The third kappa shape index (κ3) is 5.69. The molecule has 1 heterocycles. The SMILES string of the molecule is CC1CC(C)CN(CCCCNS(=O)(=O)c2ccc(F)cc2Cl)C1. The van der Waals surface area contributed by atoms with Crippen molar-refractivity contribution >= 4 is 21.6 Å². The maximum Gasteiger partial charge on any atom is 0.242 e. The van der Waals surface area contributed by atoms with Crippen molar-refractivity contribution in [1.82, 2.24) is 9.62 Å². The summed E-state index contributed by atoms with van der Waals surface area (Å²) in [7, 11) is -3.69. The molecule has 1 aliphatic heterocycles. The molecule has 0 bridgehead atoms. The maximum atomic E-state index is 13.0. The van der Waals surface area contributed by atoms with Gasteiger partial charge in [-0.05, 0) is 55.8 Å². The van der Waals surface area contributed by atoms with E-state index >= 15 is 0 Å². The molecule has 0 aromatic heterocycles. The predicted molar refractivity (Wildman–Crippen MR) is 95.2 cm³/mol. The van der Waals surface area contributed by atoms with Gasteiger partial charge < -0.3 is 4.90 Å². The summed E-state index contributed by atoms with van der Waals surface area (Å²) in [5.41, 5.74) is 0. The summed E-state index contributed by atoms with van der Waals surface area (Å²) >= 11 is 5.82. The molecule has 0 spiro atoms. The van der Waals surface area contributed by atoms with Crippen molar-refractivity contribution in [2.45, 2.75) is 38.0 Å². The smallest absolute Gasteiger partial charge is 0.242 e. The van der Waals surface area contributed by atoms with Crippen LogP contribution in [0.4, 0.5) is 4.39 Å². The number of piperidine rings is 1. The summed E-state index contributed by atoms with van der Waals surface area (Å²) in [6.45, 7) is 8.16. The highest BCUT2D eigenvalue weighted by molar-refractivity contribution is 7.89. The second kappa shape index (κ2) is 8.61. The number of rotatable bonds is 7. The number of unbranched alkanes of at least 4 members (excludes halogenated alkanes) is 1. The van der Waals surface area contributed by atoms with E-state index in [4.69, 9.17) is 11.6 Å². The molecule has 1 aromatic carbocycles. The van der Waals surface area contributed by atoms with Gasteiger partial charge in [0, 0.05) is 19.6 Å². The van der Waals surface area contributed by atoms with Crippen LogP contribution >= 0.6 is 11.6 Å². The first-order valence-corrected chi connectivity index (χ1v) is 10.3. The maximum absolute atomic E-state index is 13.0. The molecule has 2 unspecified atom stereocenters. The highest BCUT2D eigenvalue weighted by Gasteiger charge is 2.21. The molecule has 7 heteroatoms. The van der Waals surface area contributed by atoms with Gasteiger partial charge in [0.15, 0.2) is 0 Å². The van der Waals surface area contributed by atoms with Gasteiger partial charge in [-0.25, -0.2) is 17.5 Å². The topological polar surface area (TPSA) is 49.4 Å². The largest absolute Gasteiger partial charge is 0.303 e. The molecule has 1 aliphatic rings. The van der Waals surface area contributed by atoms with Crippen LogP contribution in [-0.2, 0) is 10.0 Å². The molecule has 2 atom stereocenters. The second-order valence-corrected chi connectivity index (χ2v) is 9.03. The third-order valence-corrected chi connectivity index (χ3v) is 6.27. The molecule has 136 valence electrons. The van der Waals surface area contributed by atoms with E-state index in [1.165, 1.54) is 12.5 Å². The van der Waals surface area contributed by atoms with Gasteiger partial charge in [-0.1, -0.05) is 25.4 Å². The fourth-order valence-corrected chi connectivity index (χ4v) is 5.02. The lowest BCUT2D eigenvalue weighted by Crippen LogP contribution is -2.39. The molecular weight excluding hydrogens is 351 g/mol. The first kappa shape index (κ1) is 19.6. The first-order valence-electron chi connectivity index (χ1n) is 8.45. The van der Waals surface area contributed by atoms with E-state index < -0.39 is 15.8 Å². The van der Waals surface area contributed by atoms with E-state index in [0.717, 1.165) is 56.4 Å². The van der Waals surface area contributed by atoms with E-state index in [-0.39, 0.29) is 9.92 Å². The molecule has 1 aromatic rings. The number of likely N-dealkylation sites (tertiary alicyclic amines) is 1. The van der Waals surface area contributed by atoms with Gasteiger partial charge in [0.2, 0.25) is 10.0 Å². The third-order valence-electron chi connectivity index (χ3n) is 4.32. The molecule has 2 rings (SSSR count). The molecule has 0 aliphatic carbocycles. The van der Waals surface area contributed by atoms with E-state index in [9.17, 15) is 12.8 Å². The van der Waals surface area contributed by atoms with Crippen molar-refractivity contribution in [3.8, 4) is 0 Å². The Bertz CT molecular complexity index is 644. The van der Waals surface area contributed by atoms with Gasteiger partial charge in [0.25, 0.3) is 0 Å². The molecule has 1 saturated heterocycles. The normalized spacial score (nSPS) is 22.7. The number of hydrogen-bond acceptors (Lipinski definition) is 3. The van der Waals surface area contributed by atoms with Crippen LogP contribution in [0, 0.1) is 17.7 Å². The Morgan fingerprint density at radius 3 is 2.54 bits per heavy atom. The monoisotopic (exact) mass is 376 g/mol. The Kier molecular flexibility index (Phi) is 7.04. The van der Waals surface area contributed by atoms with Gasteiger partial charge in [0.05, 0.1) is 5.02 Å². The van der Waals surface area contributed by atoms with Crippen molar-refractivity contribution in [2.24, 2.45) is 11.8 Å². The zero-order chi connectivity index (χ0) is 17.7. The van der Waals surface area contributed by atoms with E-state index in [2.05, 4.69) is 23.5 Å². The van der Waals surface area contributed by atoms with Crippen LogP contribution < -0.4 is 4.72 Å². The molecule has 1 N–H and O–H groups in total. The number of sulfonamides is 1. The standard InChI is InChI=1S/C17H26ClFN2O2S/c1-13-9-14(2)12-21(11-13)8-4-3-7-20-24(22,23)17-6-5-15(19)10-16(17)18/h5-6,10,13-14,20H,3-4,7-9,11-12H2,1-2H3. The molecule has 24 heavy (non-hydrogen) atoms. The fraction of sp³-hybridized carbons (Fsp3) is 0.647. The lowest BCUT2D eigenvalue weighted by molar-refractivity contribution is 0.139. The fourth-order valence-electron chi connectivity index (χ4n) is 3.41. The molecule has 1 fully saturated rings. The van der Waals surface area contributed by atoms with Gasteiger partial charge in [-0.15, -0.1) is 0 Å². The van der Waals surface area contributed by atoms with Crippen LogP contribution in [0.25, 0.3) is 0 Å². The Balaban J connectivity index is 1.75. The van der Waals surface area contributed by atoms with Gasteiger partial charge in [0.1, 0.15) is 10.7 Å². The van der Waals surface area contributed by atoms with Crippen molar-refractivity contribution in [1.29, 1.82) is 0 Å².